The highest BCUT2D eigenvalue weighted by atomic mass is 14.9. The van der Waals surface area contributed by atoms with E-state index >= 15 is 0 Å². The molecule has 0 atom stereocenters. The van der Waals surface area contributed by atoms with Crippen molar-refractivity contribution in [3.63, 3.8) is 0 Å². The predicted molar refractivity (Wildman–Crippen MR) is 77.5 cm³/mol. The fourth-order valence-corrected chi connectivity index (χ4v) is 2.05. The average Bonchev–Trinajstić information content (AvgIpc) is 2.46. The Balaban J connectivity index is 2.21. The van der Waals surface area contributed by atoms with Gasteiger partial charge in [-0.3, -0.25) is 0 Å². The summed E-state index contributed by atoms with van der Waals surface area (Å²) in [6.45, 7) is 4.71. The second kappa shape index (κ2) is 6.77. The molecule has 0 spiro atoms. The standard InChI is InChI=1S/C17H19N/c1-2-3-14-18-17(15-10-6-4-7-11-15)16-12-8-5-9-13-16/h2,4-13,17-18H,1,3,14H2. The van der Waals surface area contributed by atoms with E-state index in [-0.39, 0.29) is 6.04 Å². The first kappa shape index (κ1) is 12.6. The third-order valence-corrected chi connectivity index (χ3v) is 2.96. The van der Waals surface area contributed by atoms with Gasteiger partial charge < -0.3 is 5.32 Å². The van der Waals surface area contributed by atoms with Crippen molar-refractivity contribution in [2.45, 2.75) is 12.5 Å². The molecule has 1 heteroatoms. The molecule has 2 rings (SSSR count). The summed E-state index contributed by atoms with van der Waals surface area (Å²) in [5.41, 5.74) is 2.60. The van der Waals surface area contributed by atoms with Gasteiger partial charge in [0.25, 0.3) is 0 Å². The van der Waals surface area contributed by atoms with Crippen LogP contribution in [0.3, 0.4) is 0 Å². The van der Waals surface area contributed by atoms with Crippen LogP contribution < -0.4 is 5.32 Å². The zero-order valence-corrected chi connectivity index (χ0v) is 10.5. The van der Waals surface area contributed by atoms with Crippen LogP contribution in [0, 0.1) is 0 Å². The monoisotopic (exact) mass is 237 g/mol. The Morgan fingerprint density at radius 2 is 1.39 bits per heavy atom. The molecular formula is C17H19N. The van der Waals surface area contributed by atoms with Crippen molar-refractivity contribution in [1.29, 1.82) is 0 Å². The highest BCUT2D eigenvalue weighted by molar-refractivity contribution is 5.31. The molecule has 0 aliphatic carbocycles. The summed E-state index contributed by atoms with van der Waals surface area (Å²) >= 11 is 0. The van der Waals surface area contributed by atoms with E-state index in [1.165, 1.54) is 11.1 Å². The van der Waals surface area contributed by atoms with Crippen molar-refractivity contribution in [2.24, 2.45) is 0 Å². The van der Waals surface area contributed by atoms with E-state index < -0.39 is 0 Å². The molecule has 0 bridgehead atoms. The van der Waals surface area contributed by atoms with Crippen LogP contribution in [0.1, 0.15) is 23.6 Å². The van der Waals surface area contributed by atoms with Gasteiger partial charge in [0.1, 0.15) is 0 Å². The van der Waals surface area contributed by atoms with E-state index in [9.17, 15) is 0 Å². The summed E-state index contributed by atoms with van der Waals surface area (Å²) in [7, 11) is 0. The molecule has 0 saturated heterocycles. The Hall–Kier alpha value is -1.86. The molecule has 0 aliphatic rings. The lowest BCUT2D eigenvalue weighted by Crippen LogP contribution is -2.23. The van der Waals surface area contributed by atoms with E-state index in [2.05, 4.69) is 72.6 Å². The second-order valence-corrected chi connectivity index (χ2v) is 4.29. The Morgan fingerprint density at radius 3 is 1.83 bits per heavy atom. The molecule has 0 fully saturated rings. The van der Waals surface area contributed by atoms with Crippen LogP contribution >= 0.6 is 0 Å². The zero-order valence-electron chi connectivity index (χ0n) is 10.5. The van der Waals surface area contributed by atoms with E-state index in [1.54, 1.807) is 0 Å². The first-order chi connectivity index (χ1) is 8.92. The molecule has 0 unspecified atom stereocenters. The lowest BCUT2D eigenvalue weighted by Gasteiger charge is -2.19. The van der Waals surface area contributed by atoms with Gasteiger partial charge in [0.15, 0.2) is 0 Å². The van der Waals surface area contributed by atoms with Crippen molar-refractivity contribution < 1.29 is 0 Å². The molecule has 92 valence electrons. The summed E-state index contributed by atoms with van der Waals surface area (Å²) < 4.78 is 0. The Kier molecular flexibility index (Phi) is 4.74. The molecule has 0 saturated carbocycles. The van der Waals surface area contributed by atoms with Crippen LogP contribution in [-0.4, -0.2) is 6.54 Å². The van der Waals surface area contributed by atoms with Gasteiger partial charge in [0.2, 0.25) is 0 Å². The van der Waals surface area contributed by atoms with Crippen molar-refractivity contribution >= 4 is 0 Å². The number of hydrogen-bond donors (Lipinski definition) is 1. The van der Waals surface area contributed by atoms with Gasteiger partial charge in [0, 0.05) is 0 Å². The summed E-state index contributed by atoms with van der Waals surface area (Å²) in [6.07, 6.45) is 2.93. The maximum absolute atomic E-state index is 3.76. The minimum atomic E-state index is 0.257. The topological polar surface area (TPSA) is 12.0 Å². The van der Waals surface area contributed by atoms with Gasteiger partial charge in [-0.15, -0.1) is 6.58 Å². The number of nitrogens with one attached hydrogen (secondary N) is 1. The minimum absolute atomic E-state index is 0.257. The van der Waals surface area contributed by atoms with Gasteiger partial charge in [-0.2, -0.15) is 0 Å². The van der Waals surface area contributed by atoms with Crippen LogP contribution in [0.5, 0.6) is 0 Å². The largest absolute Gasteiger partial charge is 0.306 e. The fraction of sp³-hybridized carbons (Fsp3) is 0.176. The lowest BCUT2D eigenvalue weighted by molar-refractivity contribution is 0.611. The van der Waals surface area contributed by atoms with Gasteiger partial charge >= 0.3 is 0 Å². The van der Waals surface area contributed by atoms with Crippen LogP contribution in [-0.2, 0) is 0 Å². The minimum Gasteiger partial charge on any atom is -0.306 e. The summed E-state index contributed by atoms with van der Waals surface area (Å²) in [5, 5.41) is 3.58. The van der Waals surface area contributed by atoms with Gasteiger partial charge in [-0.05, 0) is 24.1 Å². The Labute approximate surface area is 109 Å². The van der Waals surface area contributed by atoms with E-state index in [1.807, 2.05) is 6.08 Å². The van der Waals surface area contributed by atoms with Gasteiger partial charge in [-0.25, -0.2) is 0 Å². The Morgan fingerprint density at radius 1 is 0.889 bits per heavy atom. The van der Waals surface area contributed by atoms with Crippen molar-refractivity contribution in [3.05, 3.63) is 84.4 Å². The molecule has 0 heterocycles. The van der Waals surface area contributed by atoms with Gasteiger partial charge in [-0.1, -0.05) is 66.7 Å². The molecule has 0 aromatic heterocycles. The zero-order chi connectivity index (χ0) is 12.6. The summed E-state index contributed by atoms with van der Waals surface area (Å²) in [4.78, 5) is 0. The predicted octanol–water partition coefficient (Wildman–Crippen LogP) is 3.94. The molecule has 1 N–H and O–H groups in total. The SMILES string of the molecule is C=CCCNC(c1ccccc1)c1ccccc1. The molecule has 18 heavy (non-hydrogen) atoms. The molecule has 0 aliphatic heterocycles. The number of benzene rings is 2. The van der Waals surface area contributed by atoms with Crippen LogP contribution in [0.15, 0.2) is 73.3 Å². The molecule has 2 aromatic rings. The summed E-state index contributed by atoms with van der Waals surface area (Å²) in [6, 6.07) is 21.4. The average molecular weight is 237 g/mol. The molecule has 0 radical (unpaired) electrons. The first-order valence-electron chi connectivity index (χ1n) is 6.36. The molecule has 1 nitrogen and oxygen atoms in total. The van der Waals surface area contributed by atoms with Crippen LogP contribution in [0.4, 0.5) is 0 Å². The maximum Gasteiger partial charge on any atom is 0.0576 e. The van der Waals surface area contributed by atoms with Crippen molar-refractivity contribution in [3.8, 4) is 0 Å². The van der Waals surface area contributed by atoms with Gasteiger partial charge in [0.05, 0.1) is 6.04 Å². The van der Waals surface area contributed by atoms with Crippen LogP contribution in [0.25, 0.3) is 0 Å². The third-order valence-electron chi connectivity index (χ3n) is 2.96. The third kappa shape index (κ3) is 3.31. The summed E-state index contributed by atoms with van der Waals surface area (Å²) in [5.74, 6) is 0. The van der Waals surface area contributed by atoms with E-state index in [0.29, 0.717) is 0 Å². The highest BCUT2D eigenvalue weighted by Gasteiger charge is 2.11. The number of hydrogen-bond acceptors (Lipinski definition) is 1. The maximum atomic E-state index is 3.76. The smallest absolute Gasteiger partial charge is 0.0576 e. The van der Waals surface area contributed by atoms with E-state index in [0.717, 1.165) is 13.0 Å². The number of rotatable bonds is 6. The normalized spacial score (nSPS) is 10.5. The second-order valence-electron chi connectivity index (χ2n) is 4.29. The Bertz CT molecular complexity index is 422. The first-order valence-corrected chi connectivity index (χ1v) is 6.36. The molecular weight excluding hydrogens is 218 g/mol. The van der Waals surface area contributed by atoms with Crippen molar-refractivity contribution in [1.82, 2.24) is 5.32 Å². The fourth-order valence-electron chi connectivity index (χ4n) is 2.05. The van der Waals surface area contributed by atoms with Crippen molar-refractivity contribution in [2.75, 3.05) is 6.54 Å². The molecule has 0 amide bonds. The van der Waals surface area contributed by atoms with E-state index in [4.69, 9.17) is 0 Å². The highest BCUT2D eigenvalue weighted by Crippen LogP contribution is 2.21. The molecule has 2 aromatic carbocycles. The lowest BCUT2D eigenvalue weighted by atomic mass is 9.99. The van der Waals surface area contributed by atoms with Crippen LogP contribution in [0.2, 0.25) is 0 Å². The quantitative estimate of drug-likeness (QED) is 0.592.